The number of benzene rings is 1. The summed E-state index contributed by atoms with van der Waals surface area (Å²) < 4.78 is 0. The molecule has 0 saturated heterocycles. The van der Waals surface area contributed by atoms with Crippen molar-refractivity contribution >= 4 is 17.5 Å². The minimum atomic E-state index is -0.104. The molecule has 37 heavy (non-hydrogen) atoms. The molecule has 3 heterocycles. The maximum absolute atomic E-state index is 13.6. The molecule has 0 atom stereocenters. The van der Waals surface area contributed by atoms with Gasteiger partial charge in [0.2, 0.25) is 5.91 Å². The number of aromatic nitrogens is 3. The molecule has 8 nitrogen and oxygen atoms in total. The number of fused-ring (bicyclic) bond motifs is 1. The fourth-order valence-corrected chi connectivity index (χ4v) is 4.67. The van der Waals surface area contributed by atoms with Gasteiger partial charge in [0.1, 0.15) is 5.82 Å². The second-order valence-corrected chi connectivity index (χ2v) is 9.82. The molecular formula is C29H36N6O2. The van der Waals surface area contributed by atoms with Gasteiger partial charge in [0.05, 0.1) is 11.3 Å². The SMILES string of the molecule is CC(=O)N1CCCN(Cc2ccccn2)CCCN(C(=O)c2cnc(C(C)C)nc2)Cc2ccccc21. The number of amides is 2. The fourth-order valence-electron chi connectivity index (χ4n) is 4.67. The van der Waals surface area contributed by atoms with Crippen LogP contribution in [0.5, 0.6) is 0 Å². The van der Waals surface area contributed by atoms with Crippen molar-refractivity contribution in [3.63, 3.8) is 0 Å². The third-order valence-corrected chi connectivity index (χ3v) is 6.62. The van der Waals surface area contributed by atoms with E-state index in [0.717, 1.165) is 55.2 Å². The van der Waals surface area contributed by atoms with Crippen molar-refractivity contribution in [2.45, 2.75) is 52.6 Å². The molecule has 0 fully saturated rings. The highest BCUT2D eigenvalue weighted by Crippen LogP contribution is 2.24. The monoisotopic (exact) mass is 500 g/mol. The normalized spacial score (nSPS) is 15.6. The number of carbonyl (C=O) groups is 2. The average molecular weight is 501 g/mol. The summed E-state index contributed by atoms with van der Waals surface area (Å²) >= 11 is 0. The van der Waals surface area contributed by atoms with Gasteiger partial charge in [-0.25, -0.2) is 9.97 Å². The third-order valence-electron chi connectivity index (χ3n) is 6.62. The van der Waals surface area contributed by atoms with Crippen LogP contribution in [-0.4, -0.2) is 62.7 Å². The molecule has 2 amide bonds. The molecular weight excluding hydrogens is 464 g/mol. The van der Waals surface area contributed by atoms with Crippen LogP contribution in [0.25, 0.3) is 0 Å². The fraction of sp³-hybridized carbons (Fsp3) is 0.414. The molecule has 4 rings (SSSR count). The van der Waals surface area contributed by atoms with Gasteiger partial charge in [-0.1, -0.05) is 38.1 Å². The number of anilines is 1. The quantitative estimate of drug-likeness (QED) is 0.532. The van der Waals surface area contributed by atoms with Crippen LogP contribution in [0.4, 0.5) is 5.69 Å². The Kier molecular flexibility index (Phi) is 8.95. The lowest BCUT2D eigenvalue weighted by atomic mass is 10.1. The van der Waals surface area contributed by atoms with Gasteiger partial charge in [-0.2, -0.15) is 0 Å². The summed E-state index contributed by atoms with van der Waals surface area (Å²) in [6.45, 7) is 9.65. The van der Waals surface area contributed by atoms with Gasteiger partial charge in [-0.15, -0.1) is 0 Å². The average Bonchev–Trinajstić information content (AvgIpc) is 2.90. The molecule has 8 heteroatoms. The van der Waals surface area contributed by atoms with E-state index in [-0.39, 0.29) is 17.7 Å². The van der Waals surface area contributed by atoms with Gasteiger partial charge in [-0.05, 0) is 36.6 Å². The Morgan fingerprint density at radius 3 is 2.27 bits per heavy atom. The summed E-state index contributed by atoms with van der Waals surface area (Å²) in [6.07, 6.45) is 6.74. The van der Waals surface area contributed by atoms with Crippen LogP contribution in [0, 0.1) is 0 Å². The van der Waals surface area contributed by atoms with E-state index < -0.39 is 0 Å². The Morgan fingerprint density at radius 1 is 0.892 bits per heavy atom. The molecule has 1 aromatic carbocycles. The van der Waals surface area contributed by atoms with Crippen LogP contribution in [-0.2, 0) is 17.9 Å². The van der Waals surface area contributed by atoms with Crippen molar-refractivity contribution < 1.29 is 9.59 Å². The number of nitrogens with zero attached hydrogens (tertiary/aromatic N) is 6. The van der Waals surface area contributed by atoms with E-state index in [2.05, 4.69) is 19.9 Å². The summed E-state index contributed by atoms with van der Waals surface area (Å²) in [5.41, 5.74) is 3.30. The lowest BCUT2D eigenvalue weighted by molar-refractivity contribution is -0.116. The van der Waals surface area contributed by atoms with Crippen molar-refractivity contribution in [3.8, 4) is 0 Å². The number of hydrogen-bond acceptors (Lipinski definition) is 6. The Morgan fingerprint density at radius 2 is 1.59 bits per heavy atom. The van der Waals surface area contributed by atoms with Crippen LogP contribution in [0.1, 0.15) is 67.0 Å². The molecule has 0 radical (unpaired) electrons. The maximum Gasteiger partial charge on any atom is 0.257 e. The molecule has 0 unspecified atom stereocenters. The lowest BCUT2D eigenvalue weighted by Crippen LogP contribution is -2.38. The number of pyridine rings is 1. The van der Waals surface area contributed by atoms with E-state index in [1.54, 1.807) is 19.3 Å². The topological polar surface area (TPSA) is 82.5 Å². The highest BCUT2D eigenvalue weighted by molar-refractivity contribution is 5.94. The predicted octanol–water partition coefficient (Wildman–Crippen LogP) is 4.29. The highest BCUT2D eigenvalue weighted by Gasteiger charge is 2.23. The minimum absolute atomic E-state index is 0.00339. The zero-order valence-electron chi connectivity index (χ0n) is 22.0. The smallest absolute Gasteiger partial charge is 0.257 e. The number of para-hydroxylation sites is 1. The summed E-state index contributed by atoms with van der Waals surface area (Å²) in [5.74, 6) is 0.808. The van der Waals surface area contributed by atoms with E-state index in [9.17, 15) is 9.59 Å². The van der Waals surface area contributed by atoms with Crippen molar-refractivity contribution in [1.82, 2.24) is 24.8 Å². The molecule has 0 aliphatic carbocycles. The number of rotatable bonds is 4. The Hall–Kier alpha value is -3.65. The molecule has 3 aromatic rings. The molecule has 194 valence electrons. The summed E-state index contributed by atoms with van der Waals surface area (Å²) in [4.78, 5) is 45.7. The first-order chi connectivity index (χ1) is 17.9. The maximum atomic E-state index is 13.6. The van der Waals surface area contributed by atoms with E-state index >= 15 is 0 Å². The van der Waals surface area contributed by atoms with Gasteiger partial charge in [-0.3, -0.25) is 19.5 Å². The van der Waals surface area contributed by atoms with Crippen molar-refractivity contribution in [2.75, 3.05) is 31.1 Å². The predicted molar refractivity (Wildman–Crippen MR) is 144 cm³/mol. The lowest BCUT2D eigenvalue weighted by Gasteiger charge is -2.31. The first-order valence-corrected chi connectivity index (χ1v) is 13.0. The first kappa shape index (κ1) is 26.4. The molecule has 1 aliphatic heterocycles. The zero-order valence-corrected chi connectivity index (χ0v) is 22.0. The molecule has 0 spiro atoms. The number of carbonyl (C=O) groups excluding carboxylic acids is 2. The van der Waals surface area contributed by atoms with Gasteiger partial charge in [0, 0.05) is 76.4 Å². The van der Waals surface area contributed by atoms with E-state index in [1.165, 1.54) is 0 Å². The van der Waals surface area contributed by atoms with Crippen molar-refractivity contribution in [3.05, 3.63) is 83.7 Å². The van der Waals surface area contributed by atoms with Gasteiger partial charge in [0.15, 0.2) is 0 Å². The van der Waals surface area contributed by atoms with Crippen LogP contribution in [0.3, 0.4) is 0 Å². The summed E-state index contributed by atoms with van der Waals surface area (Å²) in [5, 5.41) is 0. The second kappa shape index (κ2) is 12.5. The Bertz CT molecular complexity index is 1180. The molecule has 2 aromatic heterocycles. The standard InChI is InChI=1S/C29H36N6O2/c1-22(2)28-31-18-25(19-32-28)29(37)34-16-8-14-33(21-26-11-6-7-13-30-26)15-9-17-35(23(3)36)27-12-5-4-10-24(27)20-34/h4-7,10-13,18-19,22H,8-9,14-17,20-21H2,1-3H3. The molecule has 0 saturated carbocycles. The van der Waals surface area contributed by atoms with Crippen LogP contribution < -0.4 is 4.90 Å². The third kappa shape index (κ3) is 6.98. The summed E-state index contributed by atoms with van der Waals surface area (Å²) in [6, 6.07) is 13.8. The van der Waals surface area contributed by atoms with E-state index in [4.69, 9.17) is 0 Å². The van der Waals surface area contributed by atoms with E-state index in [1.807, 2.05) is 72.3 Å². The number of hydrogen-bond donors (Lipinski definition) is 0. The highest BCUT2D eigenvalue weighted by atomic mass is 16.2. The van der Waals surface area contributed by atoms with Crippen LogP contribution >= 0.6 is 0 Å². The second-order valence-electron chi connectivity index (χ2n) is 9.82. The Balaban J connectivity index is 1.62. The zero-order chi connectivity index (χ0) is 26.2. The van der Waals surface area contributed by atoms with Crippen LogP contribution in [0.2, 0.25) is 0 Å². The Labute approximate surface area is 219 Å². The molecule has 0 bridgehead atoms. The first-order valence-electron chi connectivity index (χ1n) is 13.0. The molecule has 1 aliphatic rings. The van der Waals surface area contributed by atoms with E-state index in [0.29, 0.717) is 25.2 Å². The summed E-state index contributed by atoms with van der Waals surface area (Å²) in [7, 11) is 0. The van der Waals surface area contributed by atoms with Gasteiger partial charge in [0.25, 0.3) is 5.91 Å². The largest absolute Gasteiger partial charge is 0.334 e. The van der Waals surface area contributed by atoms with Crippen molar-refractivity contribution in [2.24, 2.45) is 0 Å². The molecule has 0 N–H and O–H groups in total. The van der Waals surface area contributed by atoms with Gasteiger partial charge < -0.3 is 9.80 Å². The van der Waals surface area contributed by atoms with Crippen LogP contribution in [0.15, 0.2) is 61.1 Å². The minimum Gasteiger partial charge on any atom is -0.334 e. The van der Waals surface area contributed by atoms with Crippen molar-refractivity contribution in [1.29, 1.82) is 0 Å². The van der Waals surface area contributed by atoms with Gasteiger partial charge >= 0.3 is 0 Å².